The summed E-state index contributed by atoms with van der Waals surface area (Å²) in [5.74, 6) is -1.56. The molecule has 2 fully saturated rings. The van der Waals surface area contributed by atoms with Gasteiger partial charge in [0.05, 0.1) is 24.6 Å². The van der Waals surface area contributed by atoms with Gasteiger partial charge >= 0.3 is 0 Å². The van der Waals surface area contributed by atoms with E-state index in [9.17, 15) is 14.0 Å². The van der Waals surface area contributed by atoms with Crippen molar-refractivity contribution in [1.29, 1.82) is 0 Å². The van der Waals surface area contributed by atoms with E-state index >= 15 is 0 Å². The van der Waals surface area contributed by atoms with Crippen LogP contribution in [0.1, 0.15) is 16.7 Å². The van der Waals surface area contributed by atoms with Gasteiger partial charge in [-0.2, -0.15) is 0 Å². The Hall–Kier alpha value is -3.10. The lowest BCUT2D eigenvalue weighted by atomic mass is 10.0. The molecule has 8 heteroatoms. The maximum atomic E-state index is 14.8. The second-order valence-electron chi connectivity index (χ2n) is 7.49. The summed E-state index contributed by atoms with van der Waals surface area (Å²) in [6, 6.07) is 10.2. The Morgan fingerprint density at radius 3 is 2.55 bits per heavy atom. The Balaban J connectivity index is 1.67. The van der Waals surface area contributed by atoms with Crippen LogP contribution in [-0.4, -0.2) is 43.2 Å². The summed E-state index contributed by atoms with van der Waals surface area (Å²) in [6.07, 6.45) is 1.39. The van der Waals surface area contributed by atoms with Crippen molar-refractivity contribution in [2.45, 2.75) is 13.8 Å². The molecule has 0 unspecified atom stereocenters. The smallest absolute Gasteiger partial charge is 0.270 e. The number of rotatable bonds is 3. The number of carbonyl (C=O) groups is 2. The third-order valence-electron chi connectivity index (χ3n) is 5.55. The van der Waals surface area contributed by atoms with Gasteiger partial charge in [-0.1, -0.05) is 18.2 Å². The van der Waals surface area contributed by atoms with E-state index in [1.54, 1.807) is 18.2 Å². The first kappa shape index (κ1) is 21.1. The molecule has 2 aliphatic rings. The van der Waals surface area contributed by atoms with Crippen molar-refractivity contribution < 1.29 is 18.7 Å². The Bertz CT molecular complexity index is 1110. The molecule has 160 valence electrons. The number of halogens is 1. The molecule has 0 bridgehead atoms. The van der Waals surface area contributed by atoms with Gasteiger partial charge in [0.1, 0.15) is 11.4 Å². The summed E-state index contributed by atoms with van der Waals surface area (Å²) in [5.41, 5.74) is 3.28. The van der Waals surface area contributed by atoms with E-state index in [1.165, 1.54) is 17.0 Å². The molecule has 2 saturated heterocycles. The number of aryl methyl sites for hydroxylation is 1. The summed E-state index contributed by atoms with van der Waals surface area (Å²) in [6.45, 7) is 6.15. The van der Waals surface area contributed by atoms with E-state index in [1.807, 2.05) is 30.9 Å². The molecule has 4 rings (SSSR count). The van der Waals surface area contributed by atoms with Crippen molar-refractivity contribution in [3.63, 3.8) is 0 Å². The molecular weight excluding hydrogens is 417 g/mol. The standard InChI is InChI=1S/C23H22FN3O3S/c1-14-4-3-5-19(15(14)2)27-22(29)17(21(28)25-23(27)31)12-16-6-7-20(18(24)13-16)26-8-10-30-11-9-26/h3-7,12-13H,8-11H2,1-2H3,(H,25,28,31)/b17-12+. The van der Waals surface area contributed by atoms with Crippen molar-refractivity contribution in [3.8, 4) is 0 Å². The SMILES string of the molecule is Cc1cccc(N2C(=O)/C(=C/c3ccc(N4CCOCC4)c(F)c3)C(=O)NC2=S)c1C. The second-order valence-corrected chi connectivity index (χ2v) is 7.87. The van der Waals surface area contributed by atoms with Crippen LogP contribution in [0.25, 0.3) is 6.08 Å². The lowest BCUT2D eigenvalue weighted by Gasteiger charge is -2.30. The molecule has 2 heterocycles. The molecule has 31 heavy (non-hydrogen) atoms. The number of nitrogens with one attached hydrogen (secondary N) is 1. The molecule has 2 aromatic carbocycles. The van der Waals surface area contributed by atoms with Crippen LogP contribution in [0.2, 0.25) is 0 Å². The molecule has 0 spiro atoms. The van der Waals surface area contributed by atoms with Gasteiger partial charge in [0.15, 0.2) is 5.11 Å². The minimum absolute atomic E-state index is 0.0229. The fourth-order valence-corrected chi connectivity index (χ4v) is 3.97. The van der Waals surface area contributed by atoms with E-state index in [0.717, 1.165) is 11.1 Å². The van der Waals surface area contributed by atoms with Crippen LogP contribution in [0, 0.1) is 19.7 Å². The number of carbonyl (C=O) groups excluding carboxylic acids is 2. The Morgan fingerprint density at radius 1 is 1.10 bits per heavy atom. The molecule has 0 aliphatic carbocycles. The van der Waals surface area contributed by atoms with Gasteiger partial charge < -0.3 is 9.64 Å². The molecule has 2 aromatic rings. The molecular formula is C23H22FN3O3S. The summed E-state index contributed by atoms with van der Waals surface area (Å²) >= 11 is 5.26. The molecule has 2 aliphatic heterocycles. The number of hydrogen-bond donors (Lipinski definition) is 1. The first-order valence-electron chi connectivity index (χ1n) is 9.96. The van der Waals surface area contributed by atoms with Gasteiger partial charge in [0.25, 0.3) is 11.8 Å². The largest absolute Gasteiger partial charge is 0.378 e. The molecule has 1 N–H and O–H groups in total. The minimum Gasteiger partial charge on any atom is -0.378 e. The zero-order chi connectivity index (χ0) is 22.1. The van der Waals surface area contributed by atoms with Crippen molar-refractivity contribution in [1.82, 2.24) is 5.32 Å². The number of thiocarbonyl (C=S) groups is 1. The average molecular weight is 440 g/mol. The summed E-state index contributed by atoms with van der Waals surface area (Å²) < 4.78 is 20.1. The maximum absolute atomic E-state index is 14.8. The predicted octanol–water partition coefficient (Wildman–Crippen LogP) is 3.11. The van der Waals surface area contributed by atoms with Crippen molar-refractivity contribution in [2.24, 2.45) is 0 Å². The highest BCUT2D eigenvalue weighted by atomic mass is 32.1. The first-order valence-corrected chi connectivity index (χ1v) is 10.4. The minimum atomic E-state index is -0.603. The van der Waals surface area contributed by atoms with E-state index in [-0.39, 0.29) is 10.7 Å². The van der Waals surface area contributed by atoms with Gasteiger partial charge in [-0.3, -0.25) is 19.8 Å². The van der Waals surface area contributed by atoms with Crippen molar-refractivity contribution >= 4 is 46.6 Å². The van der Waals surface area contributed by atoms with Crippen LogP contribution in [0.4, 0.5) is 15.8 Å². The zero-order valence-corrected chi connectivity index (χ0v) is 18.1. The number of nitrogens with zero attached hydrogens (tertiary/aromatic N) is 2. The van der Waals surface area contributed by atoms with Gasteiger partial charge in [0, 0.05) is 13.1 Å². The monoisotopic (exact) mass is 439 g/mol. The lowest BCUT2D eigenvalue weighted by Crippen LogP contribution is -2.54. The number of hydrogen-bond acceptors (Lipinski definition) is 5. The lowest BCUT2D eigenvalue weighted by molar-refractivity contribution is -0.122. The van der Waals surface area contributed by atoms with Gasteiger partial charge in [-0.25, -0.2) is 4.39 Å². The first-order chi connectivity index (χ1) is 14.9. The van der Waals surface area contributed by atoms with Gasteiger partial charge in [-0.05, 0) is 67.0 Å². The molecule has 0 atom stereocenters. The predicted molar refractivity (Wildman–Crippen MR) is 122 cm³/mol. The van der Waals surface area contributed by atoms with E-state index < -0.39 is 17.6 Å². The Morgan fingerprint density at radius 2 is 1.84 bits per heavy atom. The van der Waals surface area contributed by atoms with E-state index in [4.69, 9.17) is 17.0 Å². The molecule has 0 saturated carbocycles. The Kier molecular flexibility index (Phi) is 5.84. The summed E-state index contributed by atoms with van der Waals surface area (Å²) in [5, 5.41) is 2.59. The molecule has 6 nitrogen and oxygen atoms in total. The van der Waals surface area contributed by atoms with Gasteiger partial charge in [0.2, 0.25) is 0 Å². The fourth-order valence-electron chi connectivity index (χ4n) is 3.69. The van der Waals surface area contributed by atoms with Crippen LogP contribution in [-0.2, 0) is 14.3 Å². The molecule has 2 amide bonds. The Labute approximate surface area is 185 Å². The maximum Gasteiger partial charge on any atom is 0.270 e. The number of anilines is 2. The second kappa shape index (κ2) is 8.56. The highest BCUT2D eigenvalue weighted by molar-refractivity contribution is 7.80. The quantitative estimate of drug-likeness (QED) is 0.452. The third kappa shape index (κ3) is 4.08. The zero-order valence-electron chi connectivity index (χ0n) is 17.3. The topological polar surface area (TPSA) is 61.9 Å². The third-order valence-corrected chi connectivity index (χ3v) is 5.84. The van der Waals surface area contributed by atoms with Crippen LogP contribution in [0.3, 0.4) is 0 Å². The number of morpholine rings is 1. The van der Waals surface area contributed by atoms with Crippen molar-refractivity contribution in [2.75, 3.05) is 36.1 Å². The molecule has 0 radical (unpaired) electrons. The van der Waals surface area contributed by atoms with Crippen LogP contribution >= 0.6 is 12.2 Å². The van der Waals surface area contributed by atoms with Crippen LogP contribution in [0.5, 0.6) is 0 Å². The van der Waals surface area contributed by atoms with Crippen LogP contribution < -0.4 is 15.1 Å². The molecule has 0 aromatic heterocycles. The van der Waals surface area contributed by atoms with E-state index in [2.05, 4.69) is 5.32 Å². The highest BCUT2D eigenvalue weighted by Gasteiger charge is 2.35. The summed E-state index contributed by atoms with van der Waals surface area (Å²) in [4.78, 5) is 28.9. The van der Waals surface area contributed by atoms with Crippen LogP contribution in [0.15, 0.2) is 42.0 Å². The van der Waals surface area contributed by atoms with E-state index in [0.29, 0.717) is 43.2 Å². The average Bonchev–Trinajstić information content (AvgIpc) is 2.75. The fraction of sp³-hybridized carbons (Fsp3) is 0.261. The number of benzene rings is 2. The normalized spacial score (nSPS) is 18.5. The highest BCUT2D eigenvalue weighted by Crippen LogP contribution is 2.28. The number of ether oxygens (including phenoxy) is 1. The van der Waals surface area contributed by atoms with Gasteiger partial charge in [-0.15, -0.1) is 0 Å². The number of amides is 2. The summed E-state index contributed by atoms with van der Waals surface area (Å²) in [7, 11) is 0. The van der Waals surface area contributed by atoms with Crippen molar-refractivity contribution in [3.05, 3.63) is 64.5 Å².